The predicted octanol–water partition coefficient (Wildman–Crippen LogP) is 3.86. The highest BCUT2D eigenvalue weighted by atomic mass is 16.6. The molecule has 1 aromatic heterocycles. The smallest absolute Gasteiger partial charge is 0.248 e. The van der Waals surface area contributed by atoms with Crippen molar-refractivity contribution in [3.63, 3.8) is 0 Å². The molecular formula is C23H24N4O2. The van der Waals surface area contributed by atoms with Crippen LogP contribution < -0.4 is 5.73 Å². The van der Waals surface area contributed by atoms with E-state index in [9.17, 15) is 4.79 Å². The predicted molar refractivity (Wildman–Crippen MR) is 112 cm³/mol. The molecular weight excluding hydrogens is 364 g/mol. The number of hydrogen-bond donors (Lipinski definition) is 1. The molecule has 0 spiro atoms. The molecule has 2 N–H and O–H groups in total. The number of carbonyl (C=O) groups is 1. The molecule has 1 heterocycles. The first kappa shape index (κ1) is 18.9. The Bertz CT molecular complexity index is 1050. The van der Waals surface area contributed by atoms with Crippen LogP contribution in [-0.4, -0.2) is 21.4 Å². The van der Waals surface area contributed by atoms with Gasteiger partial charge in [-0.3, -0.25) is 4.79 Å². The summed E-state index contributed by atoms with van der Waals surface area (Å²) in [5.74, 6) is -0.440. The summed E-state index contributed by atoms with van der Waals surface area (Å²) < 4.78 is 1.91. The van der Waals surface area contributed by atoms with Crippen LogP contribution in [0.25, 0.3) is 5.69 Å². The van der Waals surface area contributed by atoms with Crippen LogP contribution >= 0.6 is 0 Å². The summed E-state index contributed by atoms with van der Waals surface area (Å²) in [5, 5.41) is 9.05. The van der Waals surface area contributed by atoms with E-state index in [-0.39, 0.29) is 5.41 Å². The average Bonchev–Trinajstić information content (AvgIpc) is 3.11. The highest BCUT2D eigenvalue weighted by molar-refractivity contribution is 6.02. The van der Waals surface area contributed by atoms with Gasteiger partial charge in [0.15, 0.2) is 0 Å². The molecule has 0 bridgehead atoms. The summed E-state index contributed by atoms with van der Waals surface area (Å²) in [6.07, 6.45) is 3.54. The fourth-order valence-electron chi connectivity index (χ4n) is 3.68. The maximum absolute atomic E-state index is 11.3. The molecule has 3 aromatic rings. The van der Waals surface area contributed by atoms with Crippen LogP contribution in [0.4, 0.5) is 0 Å². The molecule has 6 heteroatoms. The molecule has 0 fully saturated rings. The molecule has 1 amide bonds. The molecule has 1 aliphatic rings. The lowest BCUT2D eigenvalue weighted by Crippen LogP contribution is -2.28. The lowest BCUT2D eigenvalue weighted by molar-refractivity contribution is 0.100. The second kappa shape index (κ2) is 7.54. The molecule has 0 saturated heterocycles. The van der Waals surface area contributed by atoms with Crippen LogP contribution in [0.3, 0.4) is 0 Å². The van der Waals surface area contributed by atoms with E-state index in [4.69, 9.17) is 10.6 Å². The summed E-state index contributed by atoms with van der Waals surface area (Å²) in [7, 11) is 0. The molecule has 0 saturated carbocycles. The quantitative estimate of drug-likeness (QED) is 0.674. The first-order valence-corrected chi connectivity index (χ1v) is 9.63. The molecule has 0 aliphatic heterocycles. The minimum Gasteiger partial charge on any atom is -0.391 e. The van der Waals surface area contributed by atoms with E-state index in [1.54, 1.807) is 12.1 Å². The normalized spacial score (nSPS) is 16.4. The number of primary amides is 1. The number of hydrogen-bond acceptors (Lipinski definition) is 4. The average molecular weight is 388 g/mol. The van der Waals surface area contributed by atoms with Gasteiger partial charge in [0.1, 0.15) is 6.61 Å². The molecule has 0 unspecified atom stereocenters. The molecule has 4 rings (SSSR count). The largest absolute Gasteiger partial charge is 0.391 e. The van der Waals surface area contributed by atoms with E-state index >= 15 is 0 Å². The van der Waals surface area contributed by atoms with Crippen LogP contribution in [0.2, 0.25) is 0 Å². The van der Waals surface area contributed by atoms with Crippen LogP contribution in [0.15, 0.2) is 65.9 Å². The number of nitrogens with zero attached hydrogens (tertiary/aromatic N) is 3. The standard InChI is InChI=1S/C23H24N4O2/c1-23(2)12-20(26-29-15-16-6-4-3-5-7-16)19-14-25-27(21(19)13-23)18-10-8-17(9-11-18)22(24)28/h3-11,14H,12-13,15H2,1-2H3,(H2,24,28). The first-order chi connectivity index (χ1) is 13.9. The Morgan fingerprint density at radius 1 is 1.14 bits per heavy atom. The lowest BCUT2D eigenvalue weighted by atomic mass is 9.76. The highest BCUT2D eigenvalue weighted by Gasteiger charge is 2.33. The molecule has 29 heavy (non-hydrogen) atoms. The van der Waals surface area contributed by atoms with E-state index in [1.165, 1.54) is 0 Å². The van der Waals surface area contributed by atoms with Gasteiger partial charge in [-0.1, -0.05) is 49.3 Å². The number of fused-ring (bicyclic) bond motifs is 1. The third-order valence-corrected chi connectivity index (χ3v) is 5.12. The van der Waals surface area contributed by atoms with Gasteiger partial charge in [-0.05, 0) is 48.1 Å². The fraction of sp³-hybridized carbons (Fsp3) is 0.261. The fourth-order valence-corrected chi connectivity index (χ4v) is 3.68. The van der Waals surface area contributed by atoms with Gasteiger partial charge in [-0.25, -0.2) is 4.68 Å². The molecule has 6 nitrogen and oxygen atoms in total. The Balaban J connectivity index is 1.63. The van der Waals surface area contributed by atoms with Gasteiger partial charge in [0.05, 0.1) is 23.3 Å². The van der Waals surface area contributed by atoms with Crippen LogP contribution in [0, 0.1) is 5.41 Å². The van der Waals surface area contributed by atoms with Gasteiger partial charge in [0.2, 0.25) is 5.91 Å². The van der Waals surface area contributed by atoms with Gasteiger partial charge < -0.3 is 10.6 Å². The SMILES string of the molecule is CC1(C)CC(=NOCc2ccccc2)c2cnn(-c3ccc(C(N)=O)cc3)c2C1. The Morgan fingerprint density at radius 2 is 1.86 bits per heavy atom. The minimum absolute atomic E-state index is 0.0346. The van der Waals surface area contributed by atoms with Gasteiger partial charge in [-0.2, -0.15) is 5.10 Å². The van der Waals surface area contributed by atoms with E-state index in [0.717, 1.165) is 41.1 Å². The van der Waals surface area contributed by atoms with Gasteiger partial charge in [-0.15, -0.1) is 0 Å². The molecule has 2 aromatic carbocycles. The molecule has 148 valence electrons. The van der Waals surface area contributed by atoms with Crippen LogP contribution in [0.1, 0.15) is 47.4 Å². The van der Waals surface area contributed by atoms with Crippen LogP contribution in [-0.2, 0) is 17.9 Å². The molecule has 1 aliphatic carbocycles. The second-order valence-electron chi connectivity index (χ2n) is 8.14. The summed E-state index contributed by atoms with van der Waals surface area (Å²) in [6, 6.07) is 17.2. The van der Waals surface area contributed by atoms with Gasteiger partial charge in [0, 0.05) is 11.1 Å². The number of benzene rings is 2. The van der Waals surface area contributed by atoms with Gasteiger partial charge >= 0.3 is 0 Å². The zero-order valence-corrected chi connectivity index (χ0v) is 16.6. The Kier molecular flexibility index (Phi) is 4.92. The summed E-state index contributed by atoms with van der Waals surface area (Å²) in [6.45, 7) is 4.87. The number of nitrogens with two attached hydrogens (primary N) is 1. The lowest BCUT2D eigenvalue weighted by Gasteiger charge is -2.30. The van der Waals surface area contributed by atoms with E-state index in [0.29, 0.717) is 12.2 Å². The topological polar surface area (TPSA) is 82.5 Å². The van der Waals surface area contributed by atoms with E-state index in [2.05, 4.69) is 24.1 Å². The Labute approximate surface area is 170 Å². The Morgan fingerprint density at radius 3 is 2.55 bits per heavy atom. The third-order valence-electron chi connectivity index (χ3n) is 5.12. The van der Waals surface area contributed by atoms with Crippen molar-refractivity contribution in [2.45, 2.75) is 33.3 Å². The van der Waals surface area contributed by atoms with Crippen LogP contribution in [0.5, 0.6) is 0 Å². The van der Waals surface area contributed by atoms with Crippen molar-refractivity contribution in [2.75, 3.05) is 0 Å². The summed E-state index contributed by atoms with van der Waals surface area (Å²) >= 11 is 0. The number of carbonyl (C=O) groups excluding carboxylic acids is 1. The summed E-state index contributed by atoms with van der Waals surface area (Å²) in [5.41, 5.74) is 10.8. The molecule has 0 radical (unpaired) electrons. The van der Waals surface area contributed by atoms with Crippen molar-refractivity contribution in [1.82, 2.24) is 9.78 Å². The first-order valence-electron chi connectivity index (χ1n) is 9.63. The van der Waals surface area contributed by atoms with Crippen molar-refractivity contribution in [3.8, 4) is 5.69 Å². The monoisotopic (exact) mass is 388 g/mol. The zero-order chi connectivity index (χ0) is 20.4. The van der Waals surface area contributed by atoms with Crippen molar-refractivity contribution >= 4 is 11.6 Å². The van der Waals surface area contributed by atoms with E-state index in [1.807, 2.05) is 53.3 Å². The van der Waals surface area contributed by atoms with Crippen molar-refractivity contribution in [3.05, 3.63) is 83.2 Å². The maximum Gasteiger partial charge on any atom is 0.248 e. The van der Waals surface area contributed by atoms with Gasteiger partial charge in [0.25, 0.3) is 0 Å². The number of oxime groups is 1. The zero-order valence-electron chi connectivity index (χ0n) is 16.6. The Hall–Kier alpha value is -3.41. The second-order valence-corrected chi connectivity index (χ2v) is 8.14. The van der Waals surface area contributed by atoms with E-state index < -0.39 is 5.91 Å². The number of rotatable bonds is 5. The minimum atomic E-state index is -0.440. The van der Waals surface area contributed by atoms with Crippen molar-refractivity contribution in [2.24, 2.45) is 16.3 Å². The highest BCUT2D eigenvalue weighted by Crippen LogP contribution is 2.36. The number of aromatic nitrogens is 2. The third kappa shape index (κ3) is 4.06. The number of amides is 1. The molecule has 0 atom stereocenters. The maximum atomic E-state index is 11.3. The summed E-state index contributed by atoms with van der Waals surface area (Å²) in [4.78, 5) is 17.0. The van der Waals surface area contributed by atoms with Crippen molar-refractivity contribution < 1.29 is 9.63 Å². The van der Waals surface area contributed by atoms with Crippen molar-refractivity contribution in [1.29, 1.82) is 0 Å².